The Morgan fingerprint density at radius 1 is 1.04 bits per heavy atom. The zero-order chi connectivity index (χ0) is 18.4. The third-order valence-corrected chi connectivity index (χ3v) is 4.91. The molecule has 0 spiro atoms. The fourth-order valence-corrected chi connectivity index (χ4v) is 3.28. The van der Waals surface area contributed by atoms with Crippen LogP contribution in [0.15, 0.2) is 54.6 Å². The van der Waals surface area contributed by atoms with Gasteiger partial charge in [0.15, 0.2) is 0 Å². The summed E-state index contributed by atoms with van der Waals surface area (Å²) in [6, 6.07) is 17.0. The van der Waals surface area contributed by atoms with Crippen LogP contribution in [0.4, 0.5) is 10.1 Å². The number of carbonyl (C=O) groups excluding carboxylic acids is 1. The van der Waals surface area contributed by atoms with E-state index < -0.39 is 0 Å². The van der Waals surface area contributed by atoms with Gasteiger partial charge in [0.05, 0.1) is 0 Å². The summed E-state index contributed by atoms with van der Waals surface area (Å²) in [6.07, 6.45) is 0.508. The summed E-state index contributed by atoms with van der Waals surface area (Å²) >= 11 is 0. The first-order chi connectivity index (χ1) is 12.6. The van der Waals surface area contributed by atoms with Crippen LogP contribution in [0.3, 0.4) is 0 Å². The molecule has 1 heterocycles. The van der Waals surface area contributed by atoms with Gasteiger partial charge in [-0.2, -0.15) is 0 Å². The minimum Gasteiger partial charge on any atom is -0.368 e. The van der Waals surface area contributed by atoms with Crippen molar-refractivity contribution in [3.8, 4) is 0 Å². The summed E-state index contributed by atoms with van der Waals surface area (Å²) in [5.74, 6) is -0.0312. The maximum Gasteiger partial charge on any atom is 0.223 e. The standard InChI is InChI=1S/C21H26FN3O/c1-17(18-5-3-2-4-6-18)23-12-11-21(26)25-15-13-24(14-16-25)20-9-7-19(22)8-10-20/h2-10,17,23H,11-16H2,1H3. The average Bonchev–Trinajstić information content (AvgIpc) is 2.69. The van der Waals surface area contributed by atoms with E-state index >= 15 is 0 Å². The minimum atomic E-state index is -0.222. The van der Waals surface area contributed by atoms with Crippen molar-refractivity contribution in [3.63, 3.8) is 0 Å². The Bertz CT molecular complexity index is 697. The first-order valence-corrected chi connectivity index (χ1v) is 9.20. The van der Waals surface area contributed by atoms with Gasteiger partial charge in [-0.05, 0) is 36.8 Å². The van der Waals surface area contributed by atoms with Crippen molar-refractivity contribution in [1.82, 2.24) is 10.2 Å². The molecule has 1 aliphatic rings. The first kappa shape index (κ1) is 18.4. The number of piperazine rings is 1. The molecule has 3 rings (SSSR count). The van der Waals surface area contributed by atoms with Crippen LogP contribution in [-0.4, -0.2) is 43.5 Å². The smallest absolute Gasteiger partial charge is 0.223 e. The highest BCUT2D eigenvalue weighted by molar-refractivity contribution is 5.76. The third-order valence-electron chi connectivity index (χ3n) is 4.91. The van der Waals surface area contributed by atoms with Crippen molar-refractivity contribution in [3.05, 3.63) is 66.0 Å². The molecule has 138 valence electrons. The van der Waals surface area contributed by atoms with Gasteiger partial charge in [-0.15, -0.1) is 0 Å². The second-order valence-electron chi connectivity index (χ2n) is 6.68. The van der Waals surface area contributed by atoms with Crippen molar-refractivity contribution in [2.45, 2.75) is 19.4 Å². The molecule has 0 saturated carbocycles. The van der Waals surface area contributed by atoms with E-state index in [0.29, 0.717) is 26.1 Å². The number of hydrogen-bond acceptors (Lipinski definition) is 3. The number of amides is 1. The van der Waals surface area contributed by atoms with Gasteiger partial charge in [0.1, 0.15) is 5.82 Å². The highest BCUT2D eigenvalue weighted by atomic mass is 19.1. The quantitative estimate of drug-likeness (QED) is 0.864. The predicted molar refractivity (Wildman–Crippen MR) is 103 cm³/mol. The second-order valence-corrected chi connectivity index (χ2v) is 6.68. The van der Waals surface area contributed by atoms with E-state index in [0.717, 1.165) is 18.8 Å². The van der Waals surface area contributed by atoms with Gasteiger partial charge in [0.25, 0.3) is 0 Å². The van der Waals surface area contributed by atoms with E-state index in [4.69, 9.17) is 0 Å². The van der Waals surface area contributed by atoms with Crippen molar-refractivity contribution in [2.24, 2.45) is 0 Å². The molecule has 26 heavy (non-hydrogen) atoms. The molecule has 5 heteroatoms. The monoisotopic (exact) mass is 355 g/mol. The first-order valence-electron chi connectivity index (χ1n) is 9.20. The van der Waals surface area contributed by atoms with Gasteiger partial charge in [0, 0.05) is 50.9 Å². The van der Waals surface area contributed by atoms with Crippen LogP contribution in [0.2, 0.25) is 0 Å². The molecule has 2 aromatic rings. The molecule has 0 aliphatic carbocycles. The molecule has 1 unspecified atom stereocenters. The van der Waals surface area contributed by atoms with Gasteiger partial charge >= 0.3 is 0 Å². The maximum atomic E-state index is 13.0. The number of nitrogens with one attached hydrogen (secondary N) is 1. The van der Waals surface area contributed by atoms with E-state index in [9.17, 15) is 9.18 Å². The number of halogens is 1. The molecule has 1 N–H and O–H groups in total. The Kier molecular flexibility index (Phi) is 6.23. The van der Waals surface area contributed by atoms with Crippen LogP contribution in [-0.2, 0) is 4.79 Å². The summed E-state index contributed by atoms with van der Waals surface area (Å²) < 4.78 is 13.0. The number of nitrogens with zero attached hydrogens (tertiary/aromatic N) is 2. The maximum absolute atomic E-state index is 13.0. The van der Waals surface area contributed by atoms with Gasteiger partial charge < -0.3 is 15.1 Å². The van der Waals surface area contributed by atoms with E-state index in [-0.39, 0.29) is 17.8 Å². The van der Waals surface area contributed by atoms with Gasteiger partial charge in [-0.1, -0.05) is 30.3 Å². The Hall–Kier alpha value is -2.40. The fraction of sp³-hybridized carbons (Fsp3) is 0.381. The normalized spacial score (nSPS) is 15.8. The van der Waals surface area contributed by atoms with Crippen molar-refractivity contribution in [1.29, 1.82) is 0 Å². The lowest BCUT2D eigenvalue weighted by atomic mass is 10.1. The molecular weight excluding hydrogens is 329 g/mol. The summed E-state index contributed by atoms with van der Waals surface area (Å²) in [5, 5.41) is 3.42. The Labute approximate surface area is 154 Å². The number of benzene rings is 2. The van der Waals surface area contributed by atoms with Gasteiger partial charge in [0.2, 0.25) is 5.91 Å². The molecule has 1 saturated heterocycles. The lowest BCUT2D eigenvalue weighted by Gasteiger charge is -2.36. The van der Waals surface area contributed by atoms with Gasteiger partial charge in [-0.25, -0.2) is 4.39 Å². The van der Waals surface area contributed by atoms with E-state index in [1.165, 1.54) is 17.7 Å². The number of hydrogen-bond donors (Lipinski definition) is 1. The Morgan fingerprint density at radius 3 is 2.35 bits per heavy atom. The second kappa shape index (κ2) is 8.81. The largest absolute Gasteiger partial charge is 0.368 e. The summed E-state index contributed by atoms with van der Waals surface area (Å²) in [4.78, 5) is 16.5. The average molecular weight is 355 g/mol. The molecule has 0 radical (unpaired) electrons. The third kappa shape index (κ3) is 4.82. The van der Waals surface area contributed by atoms with Crippen LogP contribution in [0.5, 0.6) is 0 Å². The van der Waals surface area contributed by atoms with Crippen molar-refractivity contribution < 1.29 is 9.18 Å². The predicted octanol–water partition coefficient (Wildman–Crippen LogP) is 3.22. The Balaban J connectivity index is 1.40. The topological polar surface area (TPSA) is 35.6 Å². The molecular formula is C21H26FN3O. The molecule has 4 nitrogen and oxygen atoms in total. The summed E-state index contributed by atoms with van der Waals surface area (Å²) in [5.41, 5.74) is 2.24. The van der Waals surface area contributed by atoms with Crippen molar-refractivity contribution in [2.75, 3.05) is 37.6 Å². The zero-order valence-electron chi connectivity index (χ0n) is 15.2. The SMILES string of the molecule is CC(NCCC(=O)N1CCN(c2ccc(F)cc2)CC1)c1ccccc1. The zero-order valence-corrected chi connectivity index (χ0v) is 15.2. The van der Waals surface area contributed by atoms with Crippen LogP contribution in [0.25, 0.3) is 0 Å². The van der Waals surface area contributed by atoms with E-state index in [1.807, 2.05) is 23.1 Å². The van der Waals surface area contributed by atoms with E-state index in [2.05, 4.69) is 29.3 Å². The lowest BCUT2D eigenvalue weighted by Crippen LogP contribution is -2.49. The minimum absolute atomic E-state index is 0.191. The van der Waals surface area contributed by atoms with Crippen LogP contribution < -0.4 is 10.2 Å². The van der Waals surface area contributed by atoms with Crippen LogP contribution in [0, 0.1) is 5.82 Å². The van der Waals surface area contributed by atoms with Gasteiger partial charge in [-0.3, -0.25) is 4.79 Å². The van der Waals surface area contributed by atoms with Crippen LogP contribution in [0.1, 0.15) is 24.9 Å². The molecule has 1 amide bonds. The molecule has 1 atom stereocenters. The molecule has 1 aliphatic heterocycles. The number of carbonyl (C=O) groups is 1. The van der Waals surface area contributed by atoms with E-state index in [1.54, 1.807) is 12.1 Å². The summed E-state index contributed by atoms with van der Waals surface area (Å²) in [6.45, 7) is 5.78. The number of rotatable bonds is 6. The number of anilines is 1. The Morgan fingerprint density at radius 2 is 1.69 bits per heavy atom. The molecule has 0 aromatic heterocycles. The highest BCUT2D eigenvalue weighted by Crippen LogP contribution is 2.17. The fourth-order valence-electron chi connectivity index (χ4n) is 3.28. The molecule has 1 fully saturated rings. The van der Waals surface area contributed by atoms with Crippen LogP contribution >= 0.6 is 0 Å². The van der Waals surface area contributed by atoms with Crippen molar-refractivity contribution >= 4 is 11.6 Å². The lowest BCUT2D eigenvalue weighted by molar-refractivity contribution is -0.131. The molecule has 0 bridgehead atoms. The summed E-state index contributed by atoms with van der Waals surface area (Å²) in [7, 11) is 0. The highest BCUT2D eigenvalue weighted by Gasteiger charge is 2.21. The molecule has 2 aromatic carbocycles.